The summed E-state index contributed by atoms with van der Waals surface area (Å²) in [5.41, 5.74) is 5.52. The number of hydrogen-bond donors (Lipinski definition) is 4. The number of carbonyl (C=O) groups excluding carboxylic acids is 1. The zero-order valence-electron chi connectivity index (χ0n) is 21.9. The van der Waals surface area contributed by atoms with Crippen molar-refractivity contribution in [3.05, 3.63) is 82.0 Å². The molecule has 14 heteroatoms. The minimum atomic E-state index is -1.12. The number of benzene rings is 2. The van der Waals surface area contributed by atoms with Crippen molar-refractivity contribution < 1.29 is 23.4 Å². The highest BCUT2D eigenvalue weighted by Crippen LogP contribution is 2.36. The zero-order valence-corrected chi connectivity index (χ0v) is 21.9. The van der Waals surface area contributed by atoms with E-state index in [0.717, 1.165) is 4.68 Å². The Kier molecular flexibility index (Phi) is 8.37. The summed E-state index contributed by atoms with van der Waals surface area (Å²) >= 11 is 0. The van der Waals surface area contributed by atoms with Crippen molar-refractivity contribution in [2.24, 2.45) is 5.73 Å². The van der Waals surface area contributed by atoms with Gasteiger partial charge in [-0.2, -0.15) is 0 Å². The number of amidine groups is 1. The molecular weight excluding hydrogens is 523 g/mol. The number of hydrogen-bond acceptors (Lipinski definition) is 10. The molecule has 0 amide bonds. The number of nitrogens with two attached hydrogens (primary N) is 1. The predicted octanol–water partition coefficient (Wildman–Crippen LogP) is 2.70. The maximum absolute atomic E-state index is 15.9. The molecule has 5 N–H and O–H groups in total. The lowest BCUT2D eigenvalue weighted by molar-refractivity contribution is -0.131. The Morgan fingerprint density at radius 3 is 2.62 bits per heavy atom. The molecule has 2 aromatic heterocycles. The van der Waals surface area contributed by atoms with Crippen molar-refractivity contribution >= 4 is 17.5 Å². The fourth-order valence-corrected chi connectivity index (χ4v) is 3.78. The van der Waals surface area contributed by atoms with Crippen LogP contribution in [-0.4, -0.2) is 50.3 Å². The molecule has 0 spiro atoms. The Labute approximate surface area is 227 Å². The number of esters is 1. The summed E-state index contributed by atoms with van der Waals surface area (Å²) in [5, 5.41) is 15.2. The van der Waals surface area contributed by atoms with E-state index in [1.807, 2.05) is 6.92 Å². The molecule has 0 aliphatic carbocycles. The number of rotatable bonds is 11. The third-order valence-electron chi connectivity index (χ3n) is 5.54. The number of nitrogens with zero attached hydrogens (tertiary/aromatic N) is 4. The number of nitrogens with one attached hydrogen (secondary N) is 3. The van der Waals surface area contributed by atoms with Gasteiger partial charge < -0.3 is 25.3 Å². The molecule has 0 radical (unpaired) electrons. The summed E-state index contributed by atoms with van der Waals surface area (Å²) in [6.07, 6.45) is 3.54. The van der Waals surface area contributed by atoms with Gasteiger partial charge in [-0.1, -0.05) is 6.92 Å². The third kappa shape index (κ3) is 6.06. The fraction of sp³-hybridized carbons (Fsp3) is 0.231. The van der Waals surface area contributed by atoms with E-state index in [1.54, 1.807) is 12.1 Å². The topological polar surface area (TPSA) is 183 Å². The number of halogens is 1. The first kappa shape index (κ1) is 27.8. The second kappa shape index (κ2) is 12.1. The van der Waals surface area contributed by atoms with Gasteiger partial charge in [0.05, 0.1) is 19.3 Å². The van der Waals surface area contributed by atoms with Crippen molar-refractivity contribution in [3.63, 3.8) is 0 Å². The predicted molar refractivity (Wildman–Crippen MR) is 143 cm³/mol. The first-order valence-corrected chi connectivity index (χ1v) is 12.1. The van der Waals surface area contributed by atoms with Crippen molar-refractivity contribution in [2.75, 3.05) is 19.0 Å². The van der Waals surface area contributed by atoms with Crippen molar-refractivity contribution in [1.29, 1.82) is 5.41 Å². The highest BCUT2D eigenvalue weighted by Gasteiger charge is 2.27. The van der Waals surface area contributed by atoms with Crippen LogP contribution in [0.2, 0.25) is 0 Å². The van der Waals surface area contributed by atoms with Gasteiger partial charge in [-0.3, -0.25) is 15.2 Å². The van der Waals surface area contributed by atoms with Crippen LogP contribution in [0.15, 0.2) is 53.6 Å². The number of anilines is 1. The Morgan fingerprint density at radius 1 is 1.23 bits per heavy atom. The van der Waals surface area contributed by atoms with Crippen LogP contribution in [0.25, 0.3) is 5.95 Å². The van der Waals surface area contributed by atoms with Crippen LogP contribution in [0.4, 0.5) is 10.1 Å². The minimum absolute atomic E-state index is 0.00906. The smallest absolute Gasteiger partial charge is 0.350 e. The van der Waals surface area contributed by atoms with Crippen LogP contribution >= 0.6 is 0 Å². The summed E-state index contributed by atoms with van der Waals surface area (Å²) in [7, 11) is 1.43. The minimum Gasteiger partial charge on any atom is -0.497 e. The molecule has 0 fully saturated rings. The van der Waals surface area contributed by atoms with E-state index in [2.05, 4.69) is 25.4 Å². The molecule has 2 heterocycles. The number of methoxy groups -OCH3 is 1. The van der Waals surface area contributed by atoms with E-state index in [9.17, 15) is 9.59 Å². The van der Waals surface area contributed by atoms with Crippen LogP contribution in [-0.2, 0) is 4.79 Å². The lowest BCUT2D eigenvalue weighted by atomic mass is 10.0. The van der Waals surface area contributed by atoms with Crippen LogP contribution in [0.3, 0.4) is 0 Å². The van der Waals surface area contributed by atoms with E-state index in [1.165, 1.54) is 50.7 Å². The lowest BCUT2D eigenvalue weighted by Gasteiger charge is -2.21. The van der Waals surface area contributed by atoms with Crippen LogP contribution < -0.4 is 31.0 Å². The van der Waals surface area contributed by atoms with Gasteiger partial charge in [0, 0.05) is 42.7 Å². The molecular formula is C26H27FN8O5. The number of nitrogen functional groups attached to an aromatic ring is 1. The van der Waals surface area contributed by atoms with Crippen molar-refractivity contribution in [2.45, 2.75) is 26.3 Å². The van der Waals surface area contributed by atoms with Gasteiger partial charge in [0.25, 0.3) is 5.95 Å². The molecule has 208 valence electrons. The normalized spacial score (nSPS) is 11.5. The van der Waals surface area contributed by atoms with E-state index >= 15 is 4.39 Å². The molecule has 0 saturated carbocycles. The van der Waals surface area contributed by atoms with Crippen LogP contribution in [0.1, 0.15) is 43.3 Å². The highest BCUT2D eigenvalue weighted by molar-refractivity contribution is 5.98. The molecule has 0 aliphatic heterocycles. The molecule has 40 heavy (non-hydrogen) atoms. The SMILES string of the molecule is CCCOc1cc(OC)cc([C@H](Nc2ccc(C(=N)N)c(OC(C)=O)c2)c2nn(-c3ncccn3)c(=O)[nH]2)c1F. The second-order valence-electron chi connectivity index (χ2n) is 8.45. The lowest BCUT2D eigenvalue weighted by Crippen LogP contribution is -2.18. The van der Waals surface area contributed by atoms with Crippen LogP contribution in [0, 0.1) is 11.2 Å². The zero-order chi connectivity index (χ0) is 28.8. The van der Waals surface area contributed by atoms with E-state index in [4.69, 9.17) is 25.4 Å². The largest absolute Gasteiger partial charge is 0.497 e. The Morgan fingerprint density at radius 2 is 1.98 bits per heavy atom. The maximum atomic E-state index is 15.9. The summed E-state index contributed by atoms with van der Waals surface area (Å²) in [6.45, 7) is 3.35. The number of carbonyl (C=O) groups is 1. The summed E-state index contributed by atoms with van der Waals surface area (Å²) < 4.78 is 33.1. The number of aromatic nitrogens is 5. The van der Waals surface area contributed by atoms with Gasteiger partial charge in [0.1, 0.15) is 23.4 Å². The van der Waals surface area contributed by atoms with Gasteiger partial charge in [-0.25, -0.2) is 19.2 Å². The van der Waals surface area contributed by atoms with Gasteiger partial charge in [-0.05, 0) is 30.7 Å². The highest BCUT2D eigenvalue weighted by atomic mass is 19.1. The number of H-pyrrole nitrogens is 1. The average Bonchev–Trinajstić information content (AvgIpc) is 3.32. The number of aromatic amines is 1. The van der Waals surface area contributed by atoms with Crippen molar-refractivity contribution in [3.8, 4) is 23.2 Å². The first-order chi connectivity index (χ1) is 19.2. The molecule has 4 rings (SSSR count). The molecule has 0 saturated heterocycles. The molecule has 13 nitrogen and oxygen atoms in total. The van der Waals surface area contributed by atoms with E-state index in [0.29, 0.717) is 17.9 Å². The quantitative estimate of drug-likeness (QED) is 0.0937. The molecule has 0 unspecified atom stereocenters. The van der Waals surface area contributed by atoms with E-state index < -0.39 is 23.5 Å². The molecule has 1 atom stereocenters. The molecule has 0 aliphatic rings. The van der Waals surface area contributed by atoms with E-state index in [-0.39, 0.29) is 46.8 Å². The second-order valence-corrected chi connectivity index (χ2v) is 8.45. The summed E-state index contributed by atoms with van der Waals surface area (Å²) in [4.78, 5) is 35.3. The summed E-state index contributed by atoms with van der Waals surface area (Å²) in [5.74, 6) is -1.37. The Bertz CT molecular complexity index is 1590. The third-order valence-corrected chi connectivity index (χ3v) is 5.54. The van der Waals surface area contributed by atoms with Gasteiger partial charge in [0.15, 0.2) is 17.4 Å². The number of ether oxygens (including phenoxy) is 3. The fourth-order valence-electron chi connectivity index (χ4n) is 3.78. The monoisotopic (exact) mass is 550 g/mol. The first-order valence-electron chi connectivity index (χ1n) is 12.1. The average molecular weight is 551 g/mol. The molecule has 4 aromatic rings. The van der Waals surface area contributed by atoms with Gasteiger partial charge in [-0.15, -0.1) is 9.78 Å². The van der Waals surface area contributed by atoms with Crippen molar-refractivity contribution in [1.82, 2.24) is 24.7 Å². The Balaban J connectivity index is 1.88. The van der Waals surface area contributed by atoms with Gasteiger partial charge in [0.2, 0.25) is 0 Å². The van der Waals surface area contributed by atoms with Gasteiger partial charge >= 0.3 is 11.7 Å². The van der Waals surface area contributed by atoms with Crippen LogP contribution in [0.5, 0.6) is 17.2 Å². The maximum Gasteiger partial charge on any atom is 0.350 e. The molecule has 2 aromatic carbocycles. The molecule has 0 bridgehead atoms. The Hall–Kier alpha value is -5.27. The standard InChI is InChI=1S/C26H27FN8O5/c1-4-10-39-20-13-16(38-3)12-18(21(20)27)22(24-33-26(37)35(34-24)25-30-8-5-9-31-25)32-15-6-7-17(23(28)29)19(11-15)40-14(2)36/h5-9,11-13,22,32H,4,10H2,1-3H3,(H3,28,29)(H,33,34,37)/t22-/m0/s1. The summed E-state index contributed by atoms with van der Waals surface area (Å²) in [6, 6.07) is 7.78.